The van der Waals surface area contributed by atoms with Crippen molar-refractivity contribution in [1.29, 1.82) is 0 Å². The SMILES string of the molecule is COC(=O)N[C@H](C(=O)OCc1ccccc1)C(C)C. The molecular weight excluding hydrogens is 246 g/mol. The number of rotatable bonds is 5. The molecular formula is C14H19NO4. The van der Waals surface area contributed by atoms with Crippen LogP contribution in [0.1, 0.15) is 19.4 Å². The van der Waals surface area contributed by atoms with Crippen LogP contribution in [-0.2, 0) is 20.9 Å². The molecule has 0 aliphatic rings. The van der Waals surface area contributed by atoms with Crippen molar-refractivity contribution in [2.75, 3.05) is 7.11 Å². The summed E-state index contributed by atoms with van der Waals surface area (Å²) in [5.41, 5.74) is 0.899. The fourth-order valence-electron chi connectivity index (χ4n) is 1.50. The molecule has 19 heavy (non-hydrogen) atoms. The summed E-state index contributed by atoms with van der Waals surface area (Å²) in [4.78, 5) is 23.1. The van der Waals surface area contributed by atoms with Crippen molar-refractivity contribution in [1.82, 2.24) is 5.32 Å². The predicted molar refractivity (Wildman–Crippen MR) is 70.4 cm³/mol. The standard InChI is InChI=1S/C14H19NO4/c1-10(2)12(15-14(17)18-3)13(16)19-9-11-7-5-4-6-8-11/h4-8,10,12H,9H2,1-3H3,(H,15,17)/t12-/m0/s1. The molecule has 1 aromatic carbocycles. The number of hydrogen-bond donors (Lipinski definition) is 1. The van der Waals surface area contributed by atoms with Gasteiger partial charge in [-0.05, 0) is 11.5 Å². The minimum absolute atomic E-state index is 0.0811. The van der Waals surface area contributed by atoms with Crippen LogP contribution in [-0.4, -0.2) is 25.2 Å². The summed E-state index contributed by atoms with van der Waals surface area (Å²) in [7, 11) is 1.25. The van der Waals surface area contributed by atoms with Crippen molar-refractivity contribution in [3.8, 4) is 0 Å². The van der Waals surface area contributed by atoms with E-state index in [4.69, 9.17) is 4.74 Å². The molecule has 1 atom stereocenters. The summed E-state index contributed by atoms with van der Waals surface area (Å²) in [5.74, 6) is -0.549. The van der Waals surface area contributed by atoms with Gasteiger partial charge < -0.3 is 14.8 Å². The Morgan fingerprint density at radius 3 is 2.37 bits per heavy atom. The normalized spacial score (nSPS) is 11.8. The first-order valence-electron chi connectivity index (χ1n) is 6.09. The van der Waals surface area contributed by atoms with Crippen LogP contribution in [0.15, 0.2) is 30.3 Å². The third-order valence-corrected chi connectivity index (χ3v) is 2.60. The van der Waals surface area contributed by atoms with Crippen LogP contribution < -0.4 is 5.32 Å². The van der Waals surface area contributed by atoms with Gasteiger partial charge in [-0.1, -0.05) is 44.2 Å². The van der Waals surface area contributed by atoms with Crippen LogP contribution in [0.5, 0.6) is 0 Å². The maximum Gasteiger partial charge on any atom is 0.407 e. The molecule has 0 aliphatic carbocycles. The highest BCUT2D eigenvalue weighted by Crippen LogP contribution is 2.07. The van der Waals surface area contributed by atoms with Crippen LogP contribution in [0.4, 0.5) is 4.79 Å². The number of benzene rings is 1. The van der Waals surface area contributed by atoms with Crippen molar-refractivity contribution in [2.24, 2.45) is 5.92 Å². The molecule has 0 saturated heterocycles. The highest BCUT2D eigenvalue weighted by Gasteiger charge is 2.25. The van der Waals surface area contributed by atoms with Gasteiger partial charge in [-0.2, -0.15) is 0 Å². The Hall–Kier alpha value is -2.04. The largest absolute Gasteiger partial charge is 0.459 e. The number of carbonyl (C=O) groups excluding carboxylic acids is 2. The van der Waals surface area contributed by atoms with Gasteiger partial charge in [-0.3, -0.25) is 0 Å². The summed E-state index contributed by atoms with van der Waals surface area (Å²) < 4.78 is 9.67. The van der Waals surface area contributed by atoms with E-state index in [1.807, 2.05) is 44.2 Å². The first-order chi connectivity index (χ1) is 9.04. The van der Waals surface area contributed by atoms with Crippen LogP contribution in [0.2, 0.25) is 0 Å². The number of hydrogen-bond acceptors (Lipinski definition) is 4. The Bertz CT molecular complexity index is 417. The number of amides is 1. The van der Waals surface area contributed by atoms with Crippen LogP contribution in [0.25, 0.3) is 0 Å². The second kappa shape index (κ2) is 7.41. The molecule has 0 spiro atoms. The van der Waals surface area contributed by atoms with Gasteiger partial charge in [0, 0.05) is 0 Å². The first-order valence-corrected chi connectivity index (χ1v) is 6.09. The van der Waals surface area contributed by atoms with E-state index in [2.05, 4.69) is 10.1 Å². The molecule has 0 saturated carbocycles. The maximum atomic E-state index is 11.9. The quantitative estimate of drug-likeness (QED) is 0.828. The maximum absolute atomic E-state index is 11.9. The van der Waals surface area contributed by atoms with Crippen LogP contribution in [0, 0.1) is 5.92 Å². The summed E-state index contributed by atoms with van der Waals surface area (Å²) in [6, 6.07) is 8.65. The highest BCUT2D eigenvalue weighted by atomic mass is 16.5. The van der Waals surface area contributed by atoms with Gasteiger partial charge in [0.05, 0.1) is 7.11 Å². The fraction of sp³-hybridized carbons (Fsp3) is 0.429. The lowest BCUT2D eigenvalue weighted by Gasteiger charge is -2.20. The predicted octanol–water partition coefficient (Wildman–Crippen LogP) is 2.11. The van der Waals surface area contributed by atoms with E-state index in [0.29, 0.717) is 0 Å². The van der Waals surface area contributed by atoms with Gasteiger partial charge >= 0.3 is 12.1 Å². The van der Waals surface area contributed by atoms with Gasteiger partial charge in [-0.25, -0.2) is 9.59 Å². The van der Waals surface area contributed by atoms with Gasteiger partial charge in [0.25, 0.3) is 0 Å². The molecule has 5 nitrogen and oxygen atoms in total. The lowest BCUT2D eigenvalue weighted by atomic mass is 10.1. The van der Waals surface area contributed by atoms with Gasteiger partial charge in [0.15, 0.2) is 0 Å². The zero-order chi connectivity index (χ0) is 14.3. The van der Waals surface area contributed by atoms with Crippen LogP contribution in [0.3, 0.4) is 0 Å². The number of alkyl carbamates (subject to hydrolysis) is 1. The molecule has 0 heterocycles. The van der Waals surface area contributed by atoms with Crippen molar-refractivity contribution in [2.45, 2.75) is 26.5 Å². The molecule has 1 amide bonds. The molecule has 0 radical (unpaired) electrons. The Balaban J connectivity index is 2.55. The lowest BCUT2D eigenvalue weighted by molar-refractivity contribution is -0.148. The van der Waals surface area contributed by atoms with E-state index in [9.17, 15) is 9.59 Å². The summed E-state index contributed by atoms with van der Waals surface area (Å²) in [6.45, 7) is 3.83. The number of ether oxygens (including phenoxy) is 2. The molecule has 1 rings (SSSR count). The third kappa shape index (κ3) is 4.99. The molecule has 1 N–H and O–H groups in total. The molecule has 0 aliphatic heterocycles. The average molecular weight is 265 g/mol. The Labute approximate surface area is 112 Å². The molecule has 0 fully saturated rings. The lowest BCUT2D eigenvalue weighted by Crippen LogP contribution is -2.45. The fourth-order valence-corrected chi connectivity index (χ4v) is 1.50. The minimum atomic E-state index is -0.712. The van der Waals surface area contributed by atoms with Gasteiger partial charge in [0.1, 0.15) is 12.6 Å². The van der Waals surface area contributed by atoms with Gasteiger partial charge in [0.2, 0.25) is 0 Å². The monoisotopic (exact) mass is 265 g/mol. The van der Waals surface area contributed by atoms with E-state index >= 15 is 0 Å². The van der Waals surface area contributed by atoms with Crippen molar-refractivity contribution in [3.63, 3.8) is 0 Å². The van der Waals surface area contributed by atoms with E-state index in [1.165, 1.54) is 7.11 Å². The van der Waals surface area contributed by atoms with Crippen molar-refractivity contribution < 1.29 is 19.1 Å². The minimum Gasteiger partial charge on any atom is -0.459 e. The highest BCUT2D eigenvalue weighted by molar-refractivity contribution is 5.81. The van der Waals surface area contributed by atoms with Crippen molar-refractivity contribution in [3.05, 3.63) is 35.9 Å². The molecule has 0 bridgehead atoms. The zero-order valence-electron chi connectivity index (χ0n) is 11.4. The average Bonchev–Trinajstić information content (AvgIpc) is 2.42. The van der Waals surface area contributed by atoms with E-state index < -0.39 is 18.1 Å². The molecule has 104 valence electrons. The molecule has 0 unspecified atom stereocenters. The zero-order valence-corrected chi connectivity index (χ0v) is 11.4. The van der Waals surface area contributed by atoms with E-state index in [0.717, 1.165) is 5.56 Å². The second-order valence-electron chi connectivity index (χ2n) is 4.45. The summed E-state index contributed by atoms with van der Waals surface area (Å²) in [5, 5.41) is 2.47. The smallest absolute Gasteiger partial charge is 0.407 e. The van der Waals surface area contributed by atoms with Crippen LogP contribution >= 0.6 is 0 Å². The second-order valence-corrected chi connectivity index (χ2v) is 4.45. The molecule has 1 aromatic rings. The number of methoxy groups -OCH3 is 1. The van der Waals surface area contributed by atoms with Crippen molar-refractivity contribution >= 4 is 12.1 Å². The number of nitrogens with one attached hydrogen (secondary N) is 1. The molecule has 0 aromatic heterocycles. The third-order valence-electron chi connectivity index (χ3n) is 2.60. The summed E-state index contributed by atoms with van der Waals surface area (Å²) >= 11 is 0. The molecule has 5 heteroatoms. The number of carbonyl (C=O) groups is 2. The Kier molecular flexibility index (Phi) is 5.85. The first kappa shape index (κ1) is 15.0. The topological polar surface area (TPSA) is 64.6 Å². The van der Waals surface area contributed by atoms with E-state index in [1.54, 1.807) is 0 Å². The number of esters is 1. The Morgan fingerprint density at radius 2 is 1.84 bits per heavy atom. The van der Waals surface area contributed by atoms with Gasteiger partial charge in [-0.15, -0.1) is 0 Å². The summed E-state index contributed by atoms with van der Waals surface area (Å²) in [6.07, 6.45) is -0.643. The van der Waals surface area contributed by atoms with E-state index in [-0.39, 0.29) is 12.5 Å². The Morgan fingerprint density at radius 1 is 1.21 bits per heavy atom.